The lowest BCUT2D eigenvalue weighted by molar-refractivity contribution is 0.102. The first kappa shape index (κ1) is 12.2. The highest BCUT2D eigenvalue weighted by Crippen LogP contribution is 2.14. The maximum absolute atomic E-state index is 13.4. The maximum Gasteiger partial charge on any atom is 0.258 e. The van der Waals surface area contributed by atoms with Crippen LogP contribution in [0.3, 0.4) is 0 Å². The molecule has 3 nitrogen and oxygen atoms in total. The van der Waals surface area contributed by atoms with E-state index in [9.17, 15) is 13.6 Å². The van der Waals surface area contributed by atoms with Gasteiger partial charge in [0, 0.05) is 6.20 Å². The number of anilines is 1. The Labute approximate surface area is 102 Å². The molecule has 0 saturated carbocycles. The number of pyridine rings is 1. The minimum atomic E-state index is -1.16. The highest BCUT2D eigenvalue weighted by Gasteiger charge is 2.15. The van der Waals surface area contributed by atoms with Gasteiger partial charge in [-0.2, -0.15) is 0 Å². The predicted octanol–water partition coefficient (Wildman–Crippen LogP) is 2.92. The van der Waals surface area contributed by atoms with E-state index >= 15 is 0 Å². The van der Waals surface area contributed by atoms with Gasteiger partial charge in [-0.1, -0.05) is 6.07 Å². The Bertz CT molecular complexity index is 599. The number of carbonyl (C=O) groups excluding carboxylic acids is 1. The van der Waals surface area contributed by atoms with Crippen molar-refractivity contribution >= 4 is 11.6 Å². The van der Waals surface area contributed by atoms with Crippen LogP contribution in [0.15, 0.2) is 36.7 Å². The number of nitrogens with zero attached hydrogens (tertiary/aromatic N) is 1. The number of hydrogen-bond acceptors (Lipinski definition) is 2. The van der Waals surface area contributed by atoms with Crippen LogP contribution in [0.2, 0.25) is 0 Å². The molecule has 1 aromatic carbocycles. The normalized spacial score (nSPS) is 10.2. The van der Waals surface area contributed by atoms with Crippen molar-refractivity contribution in [1.29, 1.82) is 0 Å². The first-order valence-electron chi connectivity index (χ1n) is 5.25. The van der Waals surface area contributed by atoms with Crippen LogP contribution in [-0.2, 0) is 0 Å². The zero-order valence-electron chi connectivity index (χ0n) is 9.58. The van der Waals surface area contributed by atoms with Crippen LogP contribution < -0.4 is 5.32 Å². The van der Waals surface area contributed by atoms with Crippen molar-refractivity contribution in [1.82, 2.24) is 4.98 Å². The highest BCUT2D eigenvalue weighted by atomic mass is 19.2. The van der Waals surface area contributed by atoms with E-state index in [1.165, 1.54) is 18.3 Å². The number of aromatic nitrogens is 1. The van der Waals surface area contributed by atoms with Gasteiger partial charge in [0.2, 0.25) is 0 Å². The number of nitrogens with one attached hydrogen (secondary N) is 1. The van der Waals surface area contributed by atoms with Crippen molar-refractivity contribution in [3.05, 3.63) is 59.4 Å². The van der Waals surface area contributed by atoms with Crippen LogP contribution in [0.5, 0.6) is 0 Å². The third kappa shape index (κ3) is 2.51. The van der Waals surface area contributed by atoms with Gasteiger partial charge < -0.3 is 5.32 Å². The first-order valence-corrected chi connectivity index (χ1v) is 5.25. The maximum atomic E-state index is 13.4. The average Bonchev–Trinajstić information content (AvgIpc) is 2.32. The van der Waals surface area contributed by atoms with Crippen molar-refractivity contribution in [3.63, 3.8) is 0 Å². The fraction of sp³-hybridized carbons (Fsp3) is 0.0769. The van der Waals surface area contributed by atoms with E-state index in [0.717, 1.165) is 11.6 Å². The largest absolute Gasteiger partial charge is 0.320 e. The quantitative estimate of drug-likeness (QED) is 0.887. The van der Waals surface area contributed by atoms with E-state index in [4.69, 9.17) is 0 Å². The van der Waals surface area contributed by atoms with Gasteiger partial charge in [-0.25, -0.2) is 8.78 Å². The molecule has 0 fully saturated rings. The lowest BCUT2D eigenvalue weighted by atomic mass is 10.2. The molecule has 0 unspecified atom stereocenters. The van der Waals surface area contributed by atoms with Crippen LogP contribution in [0.4, 0.5) is 14.5 Å². The molecule has 1 N–H and O–H groups in total. The molecule has 0 aliphatic rings. The summed E-state index contributed by atoms with van der Waals surface area (Å²) in [4.78, 5) is 15.6. The standard InChI is InChI=1S/C13H10F2N2O/c1-8-5-9(7-16-6-8)17-13(18)10-3-2-4-11(14)12(10)15/h2-7H,1H3,(H,17,18). The smallest absolute Gasteiger partial charge is 0.258 e. The van der Waals surface area contributed by atoms with Gasteiger partial charge >= 0.3 is 0 Å². The third-order valence-electron chi connectivity index (χ3n) is 2.33. The van der Waals surface area contributed by atoms with Gasteiger partial charge in [-0.05, 0) is 30.7 Å². The molecular formula is C13H10F2N2O. The number of carbonyl (C=O) groups is 1. The second kappa shape index (κ2) is 4.91. The lowest BCUT2D eigenvalue weighted by Crippen LogP contribution is -2.14. The summed E-state index contributed by atoms with van der Waals surface area (Å²) in [5, 5.41) is 2.46. The second-order valence-electron chi connectivity index (χ2n) is 3.81. The lowest BCUT2D eigenvalue weighted by Gasteiger charge is -2.06. The fourth-order valence-electron chi connectivity index (χ4n) is 1.50. The van der Waals surface area contributed by atoms with E-state index in [-0.39, 0.29) is 5.56 Å². The Morgan fingerprint density at radius 2 is 2.06 bits per heavy atom. The topological polar surface area (TPSA) is 42.0 Å². The molecule has 0 aliphatic carbocycles. The monoisotopic (exact) mass is 248 g/mol. The molecule has 0 atom stereocenters. The molecule has 0 aliphatic heterocycles. The summed E-state index contributed by atoms with van der Waals surface area (Å²) in [7, 11) is 0. The van der Waals surface area contributed by atoms with Crippen molar-refractivity contribution in [3.8, 4) is 0 Å². The van der Waals surface area contributed by atoms with Crippen LogP contribution in [0, 0.1) is 18.6 Å². The molecule has 0 saturated heterocycles. The summed E-state index contributed by atoms with van der Waals surface area (Å²) in [5.74, 6) is -2.92. The molecule has 18 heavy (non-hydrogen) atoms. The number of amides is 1. The summed E-state index contributed by atoms with van der Waals surface area (Å²) < 4.78 is 26.4. The summed E-state index contributed by atoms with van der Waals surface area (Å²) >= 11 is 0. The highest BCUT2D eigenvalue weighted by molar-refractivity contribution is 6.04. The van der Waals surface area contributed by atoms with E-state index in [1.807, 2.05) is 6.92 Å². The number of aryl methyl sites for hydroxylation is 1. The van der Waals surface area contributed by atoms with Crippen molar-refractivity contribution in [2.24, 2.45) is 0 Å². The molecule has 92 valence electrons. The molecule has 1 amide bonds. The minimum Gasteiger partial charge on any atom is -0.320 e. The van der Waals surface area contributed by atoms with Crippen molar-refractivity contribution in [2.75, 3.05) is 5.32 Å². The zero-order valence-corrected chi connectivity index (χ0v) is 9.58. The SMILES string of the molecule is Cc1cncc(NC(=O)c2cccc(F)c2F)c1. The van der Waals surface area contributed by atoms with E-state index < -0.39 is 17.5 Å². The molecule has 1 aromatic heterocycles. The number of halogens is 2. The van der Waals surface area contributed by atoms with Crippen LogP contribution in [0.25, 0.3) is 0 Å². The predicted molar refractivity (Wildman–Crippen MR) is 63.3 cm³/mol. The number of benzene rings is 1. The zero-order chi connectivity index (χ0) is 13.1. The van der Waals surface area contributed by atoms with E-state index in [0.29, 0.717) is 5.69 Å². The molecular weight excluding hydrogens is 238 g/mol. The molecule has 2 rings (SSSR count). The summed E-state index contributed by atoms with van der Waals surface area (Å²) in [6, 6.07) is 5.14. The number of rotatable bonds is 2. The Morgan fingerprint density at radius 3 is 2.78 bits per heavy atom. The van der Waals surface area contributed by atoms with Crippen LogP contribution in [0.1, 0.15) is 15.9 Å². The summed E-state index contributed by atoms with van der Waals surface area (Å²) in [5.41, 5.74) is 0.952. The first-order chi connectivity index (χ1) is 8.58. The van der Waals surface area contributed by atoms with Crippen LogP contribution >= 0.6 is 0 Å². The van der Waals surface area contributed by atoms with Gasteiger partial charge in [-0.15, -0.1) is 0 Å². The van der Waals surface area contributed by atoms with E-state index in [1.54, 1.807) is 12.3 Å². The Hall–Kier alpha value is -2.30. The third-order valence-corrected chi connectivity index (χ3v) is 2.33. The van der Waals surface area contributed by atoms with Crippen LogP contribution in [-0.4, -0.2) is 10.9 Å². The molecule has 2 aromatic rings. The molecule has 0 bridgehead atoms. The van der Waals surface area contributed by atoms with Gasteiger partial charge in [0.05, 0.1) is 17.4 Å². The molecule has 0 spiro atoms. The Morgan fingerprint density at radius 1 is 1.28 bits per heavy atom. The van der Waals surface area contributed by atoms with Gasteiger partial charge in [0.1, 0.15) is 0 Å². The fourth-order valence-corrected chi connectivity index (χ4v) is 1.50. The van der Waals surface area contributed by atoms with Gasteiger partial charge in [0.15, 0.2) is 11.6 Å². The minimum absolute atomic E-state index is 0.337. The second-order valence-corrected chi connectivity index (χ2v) is 3.81. The molecule has 5 heteroatoms. The van der Waals surface area contributed by atoms with E-state index in [2.05, 4.69) is 10.3 Å². The van der Waals surface area contributed by atoms with Gasteiger partial charge in [-0.3, -0.25) is 9.78 Å². The van der Waals surface area contributed by atoms with Crippen molar-refractivity contribution in [2.45, 2.75) is 6.92 Å². The Kier molecular flexibility index (Phi) is 3.32. The molecule has 0 radical (unpaired) electrons. The molecule has 1 heterocycles. The summed E-state index contributed by atoms with van der Waals surface area (Å²) in [6.45, 7) is 1.81. The Balaban J connectivity index is 2.25. The van der Waals surface area contributed by atoms with Gasteiger partial charge in [0.25, 0.3) is 5.91 Å². The summed E-state index contributed by atoms with van der Waals surface area (Å²) in [6.07, 6.45) is 3.06. The number of hydrogen-bond donors (Lipinski definition) is 1. The average molecular weight is 248 g/mol. The van der Waals surface area contributed by atoms with Crippen molar-refractivity contribution < 1.29 is 13.6 Å².